The molecule has 0 unspecified atom stereocenters. The van der Waals surface area contributed by atoms with Gasteiger partial charge in [0.1, 0.15) is 16.9 Å². The van der Waals surface area contributed by atoms with Crippen LogP contribution in [0.3, 0.4) is 0 Å². The lowest BCUT2D eigenvalue weighted by atomic mass is 10.3. The van der Waals surface area contributed by atoms with Crippen molar-refractivity contribution in [2.75, 3.05) is 0 Å². The van der Waals surface area contributed by atoms with Gasteiger partial charge in [0.25, 0.3) is 0 Å². The van der Waals surface area contributed by atoms with Gasteiger partial charge in [-0.3, -0.25) is 0 Å². The fraction of sp³-hybridized carbons (Fsp3) is 0.133. The number of rotatable bonds is 3. The first-order chi connectivity index (χ1) is 9.63. The molecule has 3 aromatic rings. The number of halogens is 2. The van der Waals surface area contributed by atoms with Crippen molar-refractivity contribution in [3.05, 3.63) is 56.4 Å². The number of thiazole rings is 1. The van der Waals surface area contributed by atoms with Crippen LogP contribution in [0.15, 0.2) is 51.4 Å². The van der Waals surface area contributed by atoms with Crippen LogP contribution in [0.2, 0.25) is 0 Å². The molecule has 0 aliphatic rings. The Labute approximate surface area is 138 Å². The van der Waals surface area contributed by atoms with Crippen LogP contribution < -0.4 is 4.74 Å². The molecule has 2 nitrogen and oxygen atoms in total. The predicted octanol–water partition coefficient (Wildman–Crippen LogP) is 5.96. The number of ether oxygens (including phenoxy) is 1. The van der Waals surface area contributed by atoms with Crippen LogP contribution >= 0.6 is 43.2 Å². The molecule has 1 heterocycles. The quantitative estimate of drug-likeness (QED) is 0.529. The third-order valence-electron chi connectivity index (χ3n) is 2.86. The summed E-state index contributed by atoms with van der Waals surface area (Å²) in [5.41, 5.74) is 1.03. The van der Waals surface area contributed by atoms with E-state index in [1.807, 2.05) is 43.3 Å². The molecule has 1 atom stereocenters. The van der Waals surface area contributed by atoms with Crippen molar-refractivity contribution in [1.82, 2.24) is 4.98 Å². The standard InChI is InChI=1S/C15H11Br2NOS/c1-9(19-13-7-6-10(16)8-11(13)17)15-18-12-4-2-3-5-14(12)20-15/h2-9H,1H3/t9-/m0/s1. The highest BCUT2D eigenvalue weighted by Gasteiger charge is 2.14. The van der Waals surface area contributed by atoms with Crippen molar-refractivity contribution in [3.63, 3.8) is 0 Å². The SMILES string of the molecule is C[C@H](Oc1ccc(Br)cc1Br)c1nc2ccccc2s1. The summed E-state index contributed by atoms with van der Waals surface area (Å²) in [4.78, 5) is 4.62. The number of fused-ring (bicyclic) bond motifs is 1. The Hall–Kier alpha value is -0.910. The van der Waals surface area contributed by atoms with Gasteiger partial charge in [-0.15, -0.1) is 11.3 Å². The van der Waals surface area contributed by atoms with Crippen LogP contribution in [0.4, 0.5) is 0 Å². The van der Waals surface area contributed by atoms with Crippen molar-refractivity contribution < 1.29 is 4.74 Å². The summed E-state index contributed by atoms with van der Waals surface area (Å²) in [7, 11) is 0. The van der Waals surface area contributed by atoms with E-state index < -0.39 is 0 Å². The maximum Gasteiger partial charge on any atom is 0.147 e. The Morgan fingerprint density at radius 3 is 2.70 bits per heavy atom. The van der Waals surface area contributed by atoms with Gasteiger partial charge in [0, 0.05) is 4.47 Å². The van der Waals surface area contributed by atoms with E-state index in [9.17, 15) is 0 Å². The molecule has 5 heteroatoms. The van der Waals surface area contributed by atoms with Gasteiger partial charge in [0.05, 0.1) is 14.7 Å². The minimum atomic E-state index is -0.0788. The van der Waals surface area contributed by atoms with E-state index in [1.165, 1.54) is 4.70 Å². The molecule has 0 saturated heterocycles. The average Bonchev–Trinajstić information content (AvgIpc) is 2.86. The molecule has 3 rings (SSSR count). The first-order valence-corrected chi connectivity index (χ1v) is 8.51. The van der Waals surface area contributed by atoms with E-state index in [-0.39, 0.29) is 6.10 Å². The van der Waals surface area contributed by atoms with Crippen molar-refractivity contribution >= 4 is 53.4 Å². The fourth-order valence-electron chi connectivity index (χ4n) is 1.88. The van der Waals surface area contributed by atoms with Crippen LogP contribution in [0.1, 0.15) is 18.0 Å². The lowest BCUT2D eigenvalue weighted by Crippen LogP contribution is -2.02. The molecule has 0 fully saturated rings. The van der Waals surface area contributed by atoms with Gasteiger partial charge in [0.15, 0.2) is 0 Å². The molecular weight excluding hydrogens is 402 g/mol. The highest BCUT2D eigenvalue weighted by Crippen LogP contribution is 2.33. The zero-order chi connectivity index (χ0) is 14.1. The van der Waals surface area contributed by atoms with E-state index in [2.05, 4.69) is 42.9 Å². The molecule has 0 aliphatic carbocycles. The highest BCUT2D eigenvalue weighted by molar-refractivity contribution is 9.11. The molecule has 0 spiro atoms. The maximum atomic E-state index is 6.00. The van der Waals surface area contributed by atoms with Gasteiger partial charge in [-0.1, -0.05) is 28.1 Å². The van der Waals surface area contributed by atoms with Gasteiger partial charge in [-0.2, -0.15) is 0 Å². The Morgan fingerprint density at radius 1 is 1.15 bits per heavy atom. The first kappa shape index (κ1) is 14.0. The van der Waals surface area contributed by atoms with E-state index in [1.54, 1.807) is 11.3 Å². The van der Waals surface area contributed by atoms with Gasteiger partial charge in [0.2, 0.25) is 0 Å². The van der Waals surface area contributed by atoms with Crippen LogP contribution in [0.25, 0.3) is 10.2 Å². The monoisotopic (exact) mass is 411 g/mol. The summed E-state index contributed by atoms with van der Waals surface area (Å²) in [5.74, 6) is 0.819. The van der Waals surface area contributed by atoms with Crippen LogP contribution in [-0.4, -0.2) is 4.98 Å². The molecule has 0 bridgehead atoms. The van der Waals surface area contributed by atoms with Crippen molar-refractivity contribution in [3.8, 4) is 5.75 Å². The summed E-state index contributed by atoms with van der Waals surface area (Å²) in [6.07, 6.45) is -0.0788. The molecule has 20 heavy (non-hydrogen) atoms. The number of benzene rings is 2. The van der Waals surface area contributed by atoms with E-state index >= 15 is 0 Å². The molecule has 0 aliphatic heterocycles. The van der Waals surface area contributed by atoms with E-state index in [4.69, 9.17) is 4.74 Å². The van der Waals surface area contributed by atoms with Crippen molar-refractivity contribution in [1.29, 1.82) is 0 Å². The second kappa shape index (κ2) is 5.84. The number of hydrogen-bond donors (Lipinski definition) is 0. The summed E-state index contributed by atoms with van der Waals surface area (Å²) < 4.78 is 9.13. The molecule has 0 radical (unpaired) electrons. The minimum Gasteiger partial charge on any atom is -0.482 e. The molecule has 0 N–H and O–H groups in total. The fourth-order valence-corrected chi connectivity index (χ4v) is 3.96. The zero-order valence-corrected chi connectivity index (χ0v) is 14.6. The summed E-state index contributed by atoms with van der Waals surface area (Å²) in [6.45, 7) is 2.02. The Kier molecular flexibility index (Phi) is 4.10. The second-order valence-corrected chi connectivity index (χ2v) is 7.19. The predicted molar refractivity (Wildman–Crippen MR) is 90.5 cm³/mol. The minimum absolute atomic E-state index is 0.0788. The third kappa shape index (κ3) is 2.90. The molecule has 0 saturated carbocycles. The first-order valence-electron chi connectivity index (χ1n) is 6.10. The highest BCUT2D eigenvalue weighted by atomic mass is 79.9. The number of para-hydroxylation sites is 1. The largest absolute Gasteiger partial charge is 0.482 e. The molecule has 1 aromatic heterocycles. The van der Waals surface area contributed by atoms with Gasteiger partial charge < -0.3 is 4.74 Å². The average molecular weight is 413 g/mol. The number of hydrogen-bond acceptors (Lipinski definition) is 3. The lowest BCUT2D eigenvalue weighted by molar-refractivity contribution is 0.225. The Morgan fingerprint density at radius 2 is 1.95 bits per heavy atom. The van der Waals surface area contributed by atoms with Crippen LogP contribution in [0.5, 0.6) is 5.75 Å². The summed E-state index contributed by atoms with van der Waals surface area (Å²) in [6, 6.07) is 14.0. The van der Waals surface area contributed by atoms with Gasteiger partial charge >= 0.3 is 0 Å². The van der Waals surface area contributed by atoms with Crippen LogP contribution in [-0.2, 0) is 0 Å². The summed E-state index contributed by atoms with van der Waals surface area (Å²) >= 11 is 8.62. The Bertz CT molecular complexity index is 723. The Balaban J connectivity index is 1.86. The third-order valence-corrected chi connectivity index (χ3v) is 5.17. The number of nitrogens with zero attached hydrogens (tertiary/aromatic N) is 1. The molecular formula is C15H11Br2NOS. The van der Waals surface area contributed by atoms with Gasteiger partial charge in [-0.25, -0.2) is 4.98 Å². The topological polar surface area (TPSA) is 22.1 Å². The smallest absolute Gasteiger partial charge is 0.147 e. The van der Waals surface area contributed by atoms with Crippen molar-refractivity contribution in [2.24, 2.45) is 0 Å². The molecule has 102 valence electrons. The van der Waals surface area contributed by atoms with Gasteiger partial charge in [-0.05, 0) is 53.2 Å². The van der Waals surface area contributed by atoms with E-state index in [0.717, 1.165) is 25.2 Å². The second-order valence-electron chi connectivity index (χ2n) is 4.35. The summed E-state index contributed by atoms with van der Waals surface area (Å²) in [5, 5.41) is 0.987. The molecule has 0 amide bonds. The lowest BCUT2D eigenvalue weighted by Gasteiger charge is -2.13. The van der Waals surface area contributed by atoms with E-state index in [0.29, 0.717) is 0 Å². The van der Waals surface area contributed by atoms with Crippen molar-refractivity contribution in [2.45, 2.75) is 13.0 Å². The number of aromatic nitrogens is 1. The maximum absolute atomic E-state index is 6.00. The van der Waals surface area contributed by atoms with Crippen LogP contribution in [0, 0.1) is 0 Å². The normalized spacial score (nSPS) is 12.6. The molecule has 2 aromatic carbocycles. The zero-order valence-electron chi connectivity index (χ0n) is 10.6.